The van der Waals surface area contributed by atoms with Gasteiger partial charge >= 0.3 is 30.0 Å². The van der Waals surface area contributed by atoms with Gasteiger partial charge in [-0.05, 0) is 66.8 Å². The molecular weight excluding hydrogens is 721 g/mol. The zero-order valence-corrected chi connectivity index (χ0v) is 28.9. The molecule has 1 aromatic heterocycles. The van der Waals surface area contributed by atoms with Crippen LogP contribution in [-0.4, -0.2) is 71.1 Å². The molecule has 1 aliphatic rings. The minimum Gasteiger partial charge on any atom is -0.467 e. The van der Waals surface area contributed by atoms with Crippen LogP contribution in [0.1, 0.15) is 40.7 Å². The Kier molecular flexibility index (Phi) is 12.3. The van der Waals surface area contributed by atoms with E-state index in [0.717, 1.165) is 18.2 Å². The van der Waals surface area contributed by atoms with Crippen molar-refractivity contribution in [3.05, 3.63) is 101 Å². The molecule has 0 spiro atoms. The lowest BCUT2D eigenvalue weighted by atomic mass is 10.1. The summed E-state index contributed by atoms with van der Waals surface area (Å²) < 4.78 is 48.4. The lowest BCUT2D eigenvalue weighted by Gasteiger charge is -2.19. The van der Waals surface area contributed by atoms with Crippen molar-refractivity contribution < 1.29 is 41.8 Å². The lowest BCUT2D eigenvalue weighted by Crippen LogP contribution is -2.45. The van der Waals surface area contributed by atoms with Crippen LogP contribution in [0, 0.1) is 0 Å². The molecule has 278 valence electrons. The number of anilines is 3. The van der Waals surface area contributed by atoms with Crippen molar-refractivity contribution in [3.63, 3.8) is 0 Å². The Bertz CT molecular complexity index is 1910. The third-order valence-electron chi connectivity index (χ3n) is 7.89. The summed E-state index contributed by atoms with van der Waals surface area (Å²) in [5.41, 5.74) is 1.64. The molecule has 0 saturated heterocycles. The molecule has 5 N–H and O–H groups in total. The Morgan fingerprint density at radius 1 is 0.868 bits per heavy atom. The van der Waals surface area contributed by atoms with Gasteiger partial charge in [-0.3, -0.25) is 14.4 Å². The van der Waals surface area contributed by atoms with Crippen LogP contribution >= 0.6 is 11.6 Å². The highest BCUT2D eigenvalue weighted by molar-refractivity contribution is 6.35. The molecule has 0 aliphatic heterocycles. The number of benzene rings is 3. The summed E-state index contributed by atoms with van der Waals surface area (Å²) in [6, 6.07) is 20.2. The number of hydrogen-bond acceptors (Lipinski definition) is 11. The topological polar surface area (TPSA) is 186 Å². The summed E-state index contributed by atoms with van der Waals surface area (Å²) in [4.78, 5) is 62.2. The largest absolute Gasteiger partial charge is 0.467 e. The fraction of sp³-hybridized carbons (Fsp3) is 0.286. The fourth-order valence-corrected chi connectivity index (χ4v) is 5.13. The molecule has 53 heavy (non-hydrogen) atoms. The number of amides is 3. The van der Waals surface area contributed by atoms with Gasteiger partial charge < -0.3 is 36.1 Å². The third-order valence-corrected chi connectivity index (χ3v) is 8.14. The van der Waals surface area contributed by atoms with Crippen molar-refractivity contribution in [2.24, 2.45) is 0 Å². The molecule has 4 aromatic rings. The van der Waals surface area contributed by atoms with Gasteiger partial charge in [0, 0.05) is 29.4 Å². The minimum atomic E-state index is -4.63. The number of esters is 1. The van der Waals surface area contributed by atoms with Crippen molar-refractivity contribution in [1.82, 2.24) is 30.9 Å². The van der Waals surface area contributed by atoms with Crippen LogP contribution in [0.4, 0.5) is 30.8 Å². The number of ether oxygens (including phenoxy) is 2. The van der Waals surface area contributed by atoms with Gasteiger partial charge in [-0.25, -0.2) is 4.79 Å². The van der Waals surface area contributed by atoms with E-state index in [4.69, 9.17) is 21.1 Å². The molecule has 1 saturated carbocycles. The fourth-order valence-electron chi connectivity index (χ4n) is 5.01. The number of alkyl halides is 3. The van der Waals surface area contributed by atoms with Crippen molar-refractivity contribution in [3.8, 4) is 6.01 Å². The number of carbonyl (C=O) groups excluding carboxylic acids is 4. The Labute approximate surface area is 306 Å². The molecular formula is C35H34ClF3N8O6. The van der Waals surface area contributed by atoms with E-state index in [1.165, 1.54) is 24.3 Å². The maximum absolute atomic E-state index is 13.0. The SMILES string of the molecule is COC(=O)[C@H](CCNC(=O)C(=O)NCc1ccccc1)NC(=O)c1ccc(Nc2nc(NC3(c4ccc(Cl)cc4)CC3)nc(OCC(F)(F)F)n2)cc1. The second-order valence-electron chi connectivity index (χ2n) is 11.8. The van der Waals surface area contributed by atoms with E-state index < -0.39 is 54.1 Å². The minimum absolute atomic E-state index is 0.0269. The Morgan fingerprint density at radius 2 is 1.53 bits per heavy atom. The molecule has 1 aliphatic carbocycles. The van der Waals surface area contributed by atoms with Gasteiger partial charge in [0.25, 0.3) is 5.91 Å². The number of methoxy groups -OCH3 is 1. The number of rotatable bonds is 15. The van der Waals surface area contributed by atoms with Gasteiger partial charge in [-0.1, -0.05) is 54.1 Å². The Hall–Kier alpha value is -5.97. The predicted octanol–water partition coefficient (Wildman–Crippen LogP) is 4.41. The second kappa shape index (κ2) is 17.0. The summed E-state index contributed by atoms with van der Waals surface area (Å²) in [6.45, 7) is -1.59. The van der Waals surface area contributed by atoms with Crippen LogP contribution in [0.3, 0.4) is 0 Å². The maximum Gasteiger partial charge on any atom is 0.422 e. The van der Waals surface area contributed by atoms with Gasteiger partial charge in [-0.2, -0.15) is 28.1 Å². The normalized spacial score (nSPS) is 13.5. The molecule has 0 unspecified atom stereocenters. The smallest absolute Gasteiger partial charge is 0.422 e. The number of nitrogens with one attached hydrogen (secondary N) is 5. The van der Waals surface area contributed by atoms with Crippen molar-refractivity contribution in [2.75, 3.05) is 30.9 Å². The van der Waals surface area contributed by atoms with Gasteiger partial charge in [-0.15, -0.1) is 0 Å². The van der Waals surface area contributed by atoms with Crippen molar-refractivity contribution in [2.45, 2.75) is 43.6 Å². The van der Waals surface area contributed by atoms with Crippen LogP contribution in [0.25, 0.3) is 0 Å². The highest BCUT2D eigenvalue weighted by Gasteiger charge is 2.45. The Balaban J connectivity index is 1.19. The predicted molar refractivity (Wildman–Crippen MR) is 186 cm³/mol. The summed E-state index contributed by atoms with van der Waals surface area (Å²) in [5, 5.41) is 14.1. The quantitative estimate of drug-likeness (QED) is 0.0856. The number of nitrogens with zero attached hydrogens (tertiary/aromatic N) is 3. The van der Waals surface area contributed by atoms with Crippen LogP contribution < -0.4 is 31.3 Å². The molecule has 3 amide bonds. The molecule has 1 heterocycles. The van der Waals surface area contributed by atoms with Crippen molar-refractivity contribution >= 4 is 52.9 Å². The van der Waals surface area contributed by atoms with E-state index in [1.54, 1.807) is 36.4 Å². The first-order valence-electron chi connectivity index (χ1n) is 16.2. The van der Waals surface area contributed by atoms with Crippen LogP contribution in [-0.2, 0) is 31.2 Å². The van der Waals surface area contributed by atoms with Gasteiger partial charge in [0.15, 0.2) is 6.61 Å². The molecule has 0 radical (unpaired) electrons. The van der Waals surface area contributed by atoms with E-state index in [0.29, 0.717) is 23.6 Å². The standard InChI is InChI=1S/C35H34ClF3N8O6/c1-52-30(51)26(15-18-40-28(49)29(50)41-19-21-5-3-2-4-6-21)43-27(48)22-7-13-25(14-8-22)42-31-44-32(46-33(45-31)53-20-35(37,38)39)47-34(16-17-34)23-9-11-24(36)12-10-23/h2-14,26H,15-20H2,1H3,(H,40,49)(H,41,50)(H,43,48)(H2,42,44,45,46,47)/t26-/m0/s1. The molecule has 0 bridgehead atoms. The second-order valence-corrected chi connectivity index (χ2v) is 12.3. The number of aromatic nitrogens is 3. The Morgan fingerprint density at radius 3 is 2.17 bits per heavy atom. The zero-order chi connectivity index (χ0) is 38.0. The zero-order valence-electron chi connectivity index (χ0n) is 28.1. The first-order valence-corrected chi connectivity index (χ1v) is 16.6. The number of hydrogen-bond donors (Lipinski definition) is 5. The molecule has 1 fully saturated rings. The molecule has 1 atom stereocenters. The molecule has 3 aromatic carbocycles. The molecule has 14 nitrogen and oxygen atoms in total. The average molecular weight is 755 g/mol. The highest BCUT2D eigenvalue weighted by atomic mass is 35.5. The number of halogens is 4. The van der Waals surface area contributed by atoms with Crippen LogP contribution in [0.15, 0.2) is 78.9 Å². The first kappa shape index (κ1) is 38.3. The van der Waals surface area contributed by atoms with Crippen LogP contribution in [0.2, 0.25) is 5.02 Å². The van der Waals surface area contributed by atoms with E-state index in [9.17, 15) is 32.3 Å². The highest BCUT2D eigenvalue weighted by Crippen LogP contribution is 2.48. The van der Waals surface area contributed by atoms with Crippen LogP contribution in [0.5, 0.6) is 6.01 Å². The summed E-state index contributed by atoms with van der Waals surface area (Å²) in [7, 11) is 1.14. The van der Waals surface area contributed by atoms with Gasteiger partial charge in [0.1, 0.15) is 6.04 Å². The van der Waals surface area contributed by atoms with Gasteiger partial charge in [0.05, 0.1) is 12.6 Å². The van der Waals surface area contributed by atoms with E-state index in [1.807, 2.05) is 18.2 Å². The van der Waals surface area contributed by atoms with Crippen molar-refractivity contribution in [1.29, 1.82) is 0 Å². The third kappa shape index (κ3) is 11.3. The lowest BCUT2D eigenvalue weighted by molar-refractivity contribution is -0.154. The van der Waals surface area contributed by atoms with E-state index in [-0.39, 0.29) is 37.0 Å². The van der Waals surface area contributed by atoms with E-state index >= 15 is 0 Å². The monoisotopic (exact) mass is 754 g/mol. The average Bonchev–Trinajstić information content (AvgIpc) is 3.92. The maximum atomic E-state index is 13.0. The molecule has 5 rings (SSSR count). The summed E-state index contributed by atoms with van der Waals surface area (Å²) in [5.74, 6) is -3.35. The number of carbonyl (C=O) groups is 4. The first-order chi connectivity index (χ1) is 25.3. The van der Waals surface area contributed by atoms with E-state index in [2.05, 4.69) is 41.5 Å². The molecule has 18 heteroatoms. The van der Waals surface area contributed by atoms with Gasteiger partial charge in [0.2, 0.25) is 11.9 Å². The summed E-state index contributed by atoms with van der Waals surface area (Å²) >= 11 is 6.02. The summed E-state index contributed by atoms with van der Waals surface area (Å²) in [6.07, 6.45) is -3.29.